The van der Waals surface area contributed by atoms with Gasteiger partial charge in [0, 0.05) is 6.42 Å². The normalized spacial score (nSPS) is 11.3. The van der Waals surface area contributed by atoms with E-state index in [1.54, 1.807) is 18.2 Å². The van der Waals surface area contributed by atoms with Gasteiger partial charge < -0.3 is 4.74 Å². The van der Waals surface area contributed by atoms with Gasteiger partial charge in [-0.1, -0.05) is 36.4 Å². The molecule has 0 aliphatic rings. The Morgan fingerprint density at radius 1 is 0.842 bits per heavy atom. The first-order valence-corrected chi connectivity index (χ1v) is 5.90. The number of rotatable bonds is 4. The predicted octanol–water partition coefficient (Wildman–Crippen LogP) is 4.33. The average Bonchev–Trinajstić information content (AvgIpc) is 2.39. The molecule has 0 aliphatic carbocycles. The minimum Gasteiger partial charge on any atom is -0.493 e. The molecule has 0 unspecified atom stereocenters. The van der Waals surface area contributed by atoms with Crippen LogP contribution in [-0.2, 0) is 12.6 Å². The lowest BCUT2D eigenvalue weighted by molar-refractivity contribution is -0.138. The van der Waals surface area contributed by atoms with Crippen molar-refractivity contribution in [2.75, 3.05) is 6.61 Å². The Balaban J connectivity index is 2.00. The van der Waals surface area contributed by atoms with Crippen LogP contribution in [0, 0.1) is 0 Å². The van der Waals surface area contributed by atoms with E-state index in [0.717, 1.165) is 6.07 Å². The predicted molar refractivity (Wildman–Crippen MR) is 67.1 cm³/mol. The molecule has 0 bridgehead atoms. The van der Waals surface area contributed by atoms with E-state index >= 15 is 0 Å². The van der Waals surface area contributed by atoms with Crippen molar-refractivity contribution in [1.82, 2.24) is 0 Å². The van der Waals surface area contributed by atoms with Crippen molar-refractivity contribution in [3.05, 3.63) is 65.7 Å². The number of hydrogen-bond donors (Lipinski definition) is 0. The van der Waals surface area contributed by atoms with Crippen molar-refractivity contribution in [2.45, 2.75) is 12.6 Å². The fourth-order valence-corrected chi connectivity index (χ4v) is 1.81. The molecule has 0 aromatic heterocycles. The van der Waals surface area contributed by atoms with Crippen molar-refractivity contribution in [1.29, 1.82) is 0 Å². The summed E-state index contributed by atoms with van der Waals surface area (Å²) in [6, 6.07) is 14.6. The maximum absolute atomic E-state index is 12.8. The van der Waals surface area contributed by atoms with E-state index < -0.39 is 11.7 Å². The molecular weight excluding hydrogens is 253 g/mol. The van der Waals surface area contributed by atoms with Crippen LogP contribution in [0.1, 0.15) is 11.1 Å². The van der Waals surface area contributed by atoms with Gasteiger partial charge in [0.25, 0.3) is 0 Å². The smallest absolute Gasteiger partial charge is 0.416 e. The van der Waals surface area contributed by atoms with E-state index in [4.69, 9.17) is 4.74 Å². The summed E-state index contributed by atoms with van der Waals surface area (Å²) in [5, 5.41) is 0. The van der Waals surface area contributed by atoms with Crippen molar-refractivity contribution in [3.63, 3.8) is 0 Å². The van der Waals surface area contributed by atoms with Crippen LogP contribution in [-0.4, -0.2) is 6.61 Å². The molecule has 0 atom stereocenters. The van der Waals surface area contributed by atoms with Gasteiger partial charge >= 0.3 is 6.18 Å². The summed E-state index contributed by atoms with van der Waals surface area (Å²) < 4.78 is 43.7. The lowest BCUT2D eigenvalue weighted by Crippen LogP contribution is -2.11. The Morgan fingerprint density at radius 3 is 2.16 bits per heavy atom. The van der Waals surface area contributed by atoms with Crippen LogP contribution in [0.4, 0.5) is 13.2 Å². The van der Waals surface area contributed by atoms with E-state index in [1.807, 2.05) is 18.2 Å². The molecular formula is C15H13F3O. The van der Waals surface area contributed by atoms with Crippen molar-refractivity contribution in [2.24, 2.45) is 0 Å². The van der Waals surface area contributed by atoms with Gasteiger partial charge in [0.1, 0.15) is 5.75 Å². The third kappa shape index (κ3) is 3.74. The second kappa shape index (κ2) is 5.78. The lowest BCUT2D eigenvalue weighted by atomic mass is 10.0. The molecule has 0 saturated heterocycles. The van der Waals surface area contributed by atoms with Crippen LogP contribution in [0.15, 0.2) is 54.6 Å². The van der Waals surface area contributed by atoms with Crippen LogP contribution >= 0.6 is 0 Å². The van der Waals surface area contributed by atoms with Gasteiger partial charge in [0.2, 0.25) is 0 Å². The first-order valence-electron chi connectivity index (χ1n) is 5.90. The number of hydrogen-bond acceptors (Lipinski definition) is 1. The summed E-state index contributed by atoms with van der Waals surface area (Å²) in [6.07, 6.45) is -4.09. The number of para-hydroxylation sites is 1. The Kier molecular flexibility index (Phi) is 4.10. The molecule has 0 saturated carbocycles. The van der Waals surface area contributed by atoms with E-state index in [9.17, 15) is 13.2 Å². The molecule has 2 rings (SSSR count). The molecule has 0 radical (unpaired) electrons. The minimum absolute atomic E-state index is 0.219. The largest absolute Gasteiger partial charge is 0.493 e. The topological polar surface area (TPSA) is 9.23 Å². The molecule has 100 valence electrons. The Labute approximate surface area is 109 Å². The molecule has 19 heavy (non-hydrogen) atoms. The van der Waals surface area contributed by atoms with Crippen LogP contribution in [0.5, 0.6) is 5.75 Å². The Morgan fingerprint density at radius 2 is 1.47 bits per heavy atom. The second-order valence-corrected chi connectivity index (χ2v) is 4.07. The zero-order valence-corrected chi connectivity index (χ0v) is 10.2. The van der Waals surface area contributed by atoms with Gasteiger partial charge in [-0.25, -0.2) is 0 Å². The SMILES string of the molecule is FC(F)(F)c1ccccc1CCOc1ccccc1. The second-order valence-electron chi connectivity index (χ2n) is 4.07. The molecule has 0 spiro atoms. The summed E-state index contributed by atoms with van der Waals surface area (Å²) in [6.45, 7) is 0.219. The monoisotopic (exact) mass is 266 g/mol. The fraction of sp³-hybridized carbons (Fsp3) is 0.200. The highest BCUT2D eigenvalue weighted by atomic mass is 19.4. The summed E-state index contributed by atoms with van der Waals surface area (Å²) in [5.74, 6) is 0.659. The van der Waals surface area contributed by atoms with Crippen LogP contribution in [0.2, 0.25) is 0 Å². The van der Waals surface area contributed by atoms with Crippen LogP contribution < -0.4 is 4.74 Å². The van der Waals surface area contributed by atoms with Crippen molar-refractivity contribution < 1.29 is 17.9 Å². The third-order valence-electron chi connectivity index (χ3n) is 2.71. The minimum atomic E-state index is -4.32. The maximum Gasteiger partial charge on any atom is 0.416 e. The summed E-state index contributed by atoms with van der Waals surface area (Å²) in [4.78, 5) is 0. The molecule has 1 nitrogen and oxygen atoms in total. The summed E-state index contributed by atoms with van der Waals surface area (Å²) in [5.41, 5.74) is -0.336. The quantitative estimate of drug-likeness (QED) is 0.800. The zero-order valence-electron chi connectivity index (χ0n) is 10.2. The molecule has 0 N–H and O–H groups in total. The standard InChI is InChI=1S/C15H13F3O/c16-15(17,18)14-9-5-4-6-12(14)10-11-19-13-7-2-1-3-8-13/h1-9H,10-11H2. The Bertz CT molecular complexity index is 520. The highest BCUT2D eigenvalue weighted by Gasteiger charge is 2.32. The van der Waals surface area contributed by atoms with Gasteiger partial charge in [-0.15, -0.1) is 0 Å². The highest BCUT2D eigenvalue weighted by Crippen LogP contribution is 2.32. The van der Waals surface area contributed by atoms with E-state index in [-0.39, 0.29) is 18.6 Å². The first-order chi connectivity index (χ1) is 9.07. The fourth-order valence-electron chi connectivity index (χ4n) is 1.81. The molecule has 0 fully saturated rings. The Hall–Kier alpha value is -1.97. The summed E-state index contributed by atoms with van der Waals surface area (Å²) in [7, 11) is 0. The van der Waals surface area contributed by atoms with E-state index in [0.29, 0.717) is 5.75 Å². The average molecular weight is 266 g/mol. The van der Waals surface area contributed by atoms with Gasteiger partial charge in [-0.3, -0.25) is 0 Å². The van der Waals surface area contributed by atoms with Gasteiger partial charge in [-0.05, 0) is 23.8 Å². The number of halogens is 3. The number of ether oxygens (including phenoxy) is 1. The molecule has 0 heterocycles. The van der Waals surface area contributed by atoms with Gasteiger partial charge in [-0.2, -0.15) is 13.2 Å². The number of alkyl halides is 3. The van der Waals surface area contributed by atoms with E-state index in [2.05, 4.69) is 0 Å². The first kappa shape index (κ1) is 13.5. The molecule has 4 heteroatoms. The molecule has 2 aromatic rings. The zero-order chi connectivity index (χ0) is 13.7. The van der Waals surface area contributed by atoms with E-state index in [1.165, 1.54) is 12.1 Å². The molecule has 2 aromatic carbocycles. The van der Waals surface area contributed by atoms with Crippen LogP contribution in [0.25, 0.3) is 0 Å². The molecule has 0 amide bonds. The van der Waals surface area contributed by atoms with Crippen LogP contribution in [0.3, 0.4) is 0 Å². The van der Waals surface area contributed by atoms with Gasteiger partial charge in [0.05, 0.1) is 12.2 Å². The third-order valence-corrected chi connectivity index (χ3v) is 2.71. The summed E-state index contributed by atoms with van der Waals surface area (Å²) >= 11 is 0. The molecule has 0 aliphatic heterocycles. The maximum atomic E-state index is 12.8. The van der Waals surface area contributed by atoms with Gasteiger partial charge in [0.15, 0.2) is 0 Å². The van der Waals surface area contributed by atoms with Crippen molar-refractivity contribution in [3.8, 4) is 5.75 Å². The lowest BCUT2D eigenvalue weighted by Gasteiger charge is -2.13. The highest BCUT2D eigenvalue weighted by molar-refractivity contribution is 5.30. The van der Waals surface area contributed by atoms with Crippen molar-refractivity contribution >= 4 is 0 Å². The number of benzene rings is 2.